The Morgan fingerprint density at radius 2 is 1.96 bits per heavy atom. The van der Waals surface area contributed by atoms with Crippen molar-refractivity contribution in [2.45, 2.75) is 38.8 Å². The van der Waals surface area contributed by atoms with Gasteiger partial charge in [-0.15, -0.1) is 0 Å². The standard InChI is InChI=1S/C15H20N2O7S/c1-10(2)24-15(19)9-13(18)8-14(16-25(3,22)23)11-5-4-6-12(7-11)17(20)21/h4-7,10,14,16H,8-9H2,1-3H3. The Balaban J connectivity index is 2.98. The summed E-state index contributed by atoms with van der Waals surface area (Å²) in [5.74, 6) is -1.25. The lowest BCUT2D eigenvalue weighted by Gasteiger charge is -2.17. The van der Waals surface area contributed by atoms with E-state index in [1.54, 1.807) is 13.8 Å². The third-order valence-corrected chi connectivity index (χ3v) is 3.69. The number of hydrogen-bond acceptors (Lipinski definition) is 7. The van der Waals surface area contributed by atoms with Gasteiger partial charge in [-0.25, -0.2) is 13.1 Å². The van der Waals surface area contributed by atoms with Gasteiger partial charge in [0.15, 0.2) is 0 Å². The molecule has 1 atom stereocenters. The summed E-state index contributed by atoms with van der Waals surface area (Å²) in [6.45, 7) is 3.28. The number of nitrogens with zero attached hydrogens (tertiary/aromatic N) is 1. The lowest BCUT2D eigenvalue weighted by molar-refractivity contribution is -0.384. The number of benzene rings is 1. The number of hydrogen-bond donors (Lipinski definition) is 1. The highest BCUT2D eigenvalue weighted by Crippen LogP contribution is 2.23. The summed E-state index contributed by atoms with van der Waals surface area (Å²) in [5.41, 5.74) is 0.0228. The van der Waals surface area contributed by atoms with Gasteiger partial charge in [-0.05, 0) is 19.4 Å². The number of carbonyl (C=O) groups is 2. The summed E-state index contributed by atoms with van der Waals surface area (Å²) in [4.78, 5) is 33.8. The van der Waals surface area contributed by atoms with Crippen molar-refractivity contribution in [1.82, 2.24) is 4.72 Å². The van der Waals surface area contributed by atoms with Crippen molar-refractivity contribution in [2.75, 3.05) is 6.26 Å². The van der Waals surface area contributed by atoms with Crippen molar-refractivity contribution < 1.29 is 27.7 Å². The van der Waals surface area contributed by atoms with Gasteiger partial charge in [0.25, 0.3) is 5.69 Å². The Labute approximate surface area is 145 Å². The van der Waals surface area contributed by atoms with Crippen LogP contribution in [0, 0.1) is 10.1 Å². The number of nitrogens with one attached hydrogen (secondary N) is 1. The Kier molecular flexibility index (Phi) is 7.19. The highest BCUT2D eigenvalue weighted by atomic mass is 32.2. The van der Waals surface area contributed by atoms with Gasteiger partial charge in [0.1, 0.15) is 12.2 Å². The highest BCUT2D eigenvalue weighted by molar-refractivity contribution is 7.88. The molecule has 1 unspecified atom stereocenters. The molecule has 0 spiro atoms. The molecule has 0 bridgehead atoms. The molecule has 138 valence electrons. The summed E-state index contributed by atoms with van der Waals surface area (Å²) in [5, 5.41) is 10.9. The van der Waals surface area contributed by atoms with Gasteiger partial charge >= 0.3 is 5.97 Å². The van der Waals surface area contributed by atoms with Crippen LogP contribution in [0.4, 0.5) is 5.69 Å². The number of sulfonamides is 1. The predicted molar refractivity (Wildman–Crippen MR) is 89.3 cm³/mol. The van der Waals surface area contributed by atoms with E-state index in [1.165, 1.54) is 24.3 Å². The van der Waals surface area contributed by atoms with E-state index in [9.17, 15) is 28.1 Å². The van der Waals surface area contributed by atoms with Gasteiger partial charge in [0.05, 0.1) is 23.3 Å². The quantitative estimate of drug-likeness (QED) is 0.300. The van der Waals surface area contributed by atoms with Crippen LogP contribution in [-0.2, 0) is 24.3 Å². The molecule has 0 aliphatic carbocycles. The lowest BCUT2D eigenvalue weighted by Crippen LogP contribution is -2.30. The molecule has 0 heterocycles. The minimum absolute atomic E-state index is 0.232. The number of ketones is 1. The molecule has 0 radical (unpaired) electrons. The van der Waals surface area contributed by atoms with E-state index in [0.717, 1.165) is 6.26 Å². The third-order valence-electron chi connectivity index (χ3n) is 2.98. The molecule has 1 aromatic carbocycles. The van der Waals surface area contributed by atoms with Crippen LogP contribution >= 0.6 is 0 Å². The smallest absolute Gasteiger partial charge is 0.313 e. The molecule has 25 heavy (non-hydrogen) atoms. The number of carbonyl (C=O) groups excluding carboxylic acids is 2. The fourth-order valence-corrected chi connectivity index (χ4v) is 2.84. The maximum atomic E-state index is 12.1. The minimum atomic E-state index is -3.69. The van der Waals surface area contributed by atoms with Gasteiger partial charge in [-0.3, -0.25) is 19.7 Å². The molecule has 0 aromatic heterocycles. The summed E-state index contributed by atoms with van der Waals surface area (Å²) in [6, 6.07) is 4.28. The van der Waals surface area contributed by atoms with Crippen LogP contribution in [0.2, 0.25) is 0 Å². The fraction of sp³-hybridized carbons (Fsp3) is 0.467. The van der Waals surface area contributed by atoms with E-state index >= 15 is 0 Å². The Bertz CT molecular complexity index is 759. The van der Waals surface area contributed by atoms with Crippen LogP contribution in [0.1, 0.15) is 38.3 Å². The number of nitro groups is 1. The zero-order valence-electron chi connectivity index (χ0n) is 14.1. The highest BCUT2D eigenvalue weighted by Gasteiger charge is 2.23. The number of esters is 1. The van der Waals surface area contributed by atoms with Crippen molar-refractivity contribution in [3.63, 3.8) is 0 Å². The summed E-state index contributed by atoms with van der Waals surface area (Å²) in [7, 11) is -3.69. The van der Waals surface area contributed by atoms with Crippen molar-refractivity contribution >= 4 is 27.5 Å². The number of non-ortho nitro benzene ring substituents is 1. The monoisotopic (exact) mass is 372 g/mol. The Morgan fingerprint density at radius 3 is 2.48 bits per heavy atom. The lowest BCUT2D eigenvalue weighted by atomic mass is 10.0. The van der Waals surface area contributed by atoms with Crippen LogP contribution < -0.4 is 4.72 Å². The second kappa shape index (κ2) is 8.67. The van der Waals surface area contributed by atoms with Gasteiger partial charge in [-0.1, -0.05) is 12.1 Å². The van der Waals surface area contributed by atoms with Gasteiger partial charge in [0, 0.05) is 18.6 Å². The summed E-state index contributed by atoms with van der Waals surface area (Å²) >= 11 is 0. The van der Waals surface area contributed by atoms with Crippen LogP contribution in [0.5, 0.6) is 0 Å². The van der Waals surface area contributed by atoms with Gasteiger partial charge in [0.2, 0.25) is 10.0 Å². The molecule has 1 aromatic rings. The SMILES string of the molecule is CC(C)OC(=O)CC(=O)CC(NS(C)(=O)=O)c1cccc([N+](=O)[O-])c1. The molecule has 1 N–H and O–H groups in total. The van der Waals surface area contributed by atoms with Gasteiger partial charge in [-0.2, -0.15) is 0 Å². The number of Topliss-reactive ketones (excluding diaryl/α,β-unsaturated/α-hetero) is 1. The normalized spacial score (nSPS) is 12.6. The minimum Gasteiger partial charge on any atom is -0.463 e. The maximum absolute atomic E-state index is 12.1. The van der Waals surface area contributed by atoms with E-state index in [4.69, 9.17) is 4.74 Å². The zero-order valence-corrected chi connectivity index (χ0v) is 14.9. The van der Waals surface area contributed by atoms with E-state index in [0.29, 0.717) is 0 Å². The zero-order chi connectivity index (χ0) is 19.2. The first kappa shape index (κ1) is 20.7. The molecule has 10 heteroatoms. The Morgan fingerprint density at radius 1 is 1.32 bits per heavy atom. The van der Waals surface area contributed by atoms with Crippen molar-refractivity contribution in [2.24, 2.45) is 0 Å². The molecule has 0 aliphatic rings. The molecule has 0 saturated heterocycles. The van der Waals surface area contributed by atoms with Crippen LogP contribution in [0.3, 0.4) is 0 Å². The van der Waals surface area contributed by atoms with Crippen LogP contribution in [0.25, 0.3) is 0 Å². The maximum Gasteiger partial charge on any atom is 0.313 e. The summed E-state index contributed by atoms with van der Waals surface area (Å²) in [6.07, 6.45) is -0.298. The third kappa shape index (κ3) is 7.86. The second-order valence-corrected chi connectivity index (χ2v) is 7.53. The summed E-state index contributed by atoms with van der Waals surface area (Å²) < 4.78 is 30.2. The topological polar surface area (TPSA) is 133 Å². The van der Waals surface area contributed by atoms with Crippen molar-refractivity contribution in [3.8, 4) is 0 Å². The molecule has 0 aliphatic heterocycles. The van der Waals surface area contributed by atoms with Crippen molar-refractivity contribution in [1.29, 1.82) is 0 Å². The van der Waals surface area contributed by atoms with Gasteiger partial charge < -0.3 is 4.74 Å². The first-order valence-electron chi connectivity index (χ1n) is 7.40. The fourth-order valence-electron chi connectivity index (χ4n) is 2.11. The van der Waals surface area contributed by atoms with Crippen molar-refractivity contribution in [3.05, 3.63) is 39.9 Å². The average Bonchev–Trinajstić information content (AvgIpc) is 2.44. The predicted octanol–water partition coefficient (Wildman–Crippen LogP) is 1.49. The molecular weight excluding hydrogens is 352 g/mol. The molecule has 0 amide bonds. The average molecular weight is 372 g/mol. The molecule has 0 saturated carbocycles. The molecule has 0 fully saturated rings. The molecule has 1 rings (SSSR count). The van der Waals surface area contributed by atoms with E-state index in [2.05, 4.69) is 4.72 Å². The second-order valence-electron chi connectivity index (χ2n) is 5.75. The number of ether oxygens (including phenoxy) is 1. The first-order valence-corrected chi connectivity index (χ1v) is 9.30. The first-order chi connectivity index (χ1) is 11.5. The van der Waals surface area contributed by atoms with E-state index in [-0.39, 0.29) is 23.8 Å². The molecule has 9 nitrogen and oxygen atoms in total. The number of nitro benzene ring substituents is 1. The van der Waals surface area contributed by atoms with Crippen LogP contribution in [0.15, 0.2) is 24.3 Å². The van der Waals surface area contributed by atoms with Crippen LogP contribution in [-0.4, -0.2) is 37.5 Å². The largest absolute Gasteiger partial charge is 0.463 e. The number of rotatable bonds is 9. The molecular formula is C15H20N2O7S. The van der Waals surface area contributed by atoms with E-state index < -0.39 is 39.2 Å². The Hall–Kier alpha value is -2.33. The van der Waals surface area contributed by atoms with E-state index in [1.807, 2.05) is 0 Å².